The van der Waals surface area contributed by atoms with Crippen molar-refractivity contribution in [2.75, 3.05) is 132 Å². The van der Waals surface area contributed by atoms with Crippen molar-refractivity contribution in [3.05, 3.63) is 214 Å². The van der Waals surface area contributed by atoms with E-state index in [9.17, 15) is 24.5 Å². The van der Waals surface area contributed by atoms with Crippen molar-refractivity contribution in [3.8, 4) is 28.7 Å². The van der Waals surface area contributed by atoms with Gasteiger partial charge in [-0.05, 0) is 218 Å². The summed E-state index contributed by atoms with van der Waals surface area (Å²) in [5.74, 6) is 9.42. The number of ketones is 1. The van der Waals surface area contributed by atoms with E-state index in [4.69, 9.17) is 42.6 Å². The maximum Gasteiger partial charge on any atom is 0.231 e. The molecule has 728 valence electrons. The van der Waals surface area contributed by atoms with Crippen LogP contribution < -0.4 is 57.9 Å². The maximum atomic E-state index is 14.0. The van der Waals surface area contributed by atoms with Crippen LogP contribution in [0.25, 0.3) is 0 Å². The van der Waals surface area contributed by atoms with E-state index in [1.165, 1.54) is 96.5 Å². The molecule has 7 aromatic rings. The number of para-hydroxylation sites is 1. The van der Waals surface area contributed by atoms with Gasteiger partial charge in [0, 0.05) is 103 Å². The van der Waals surface area contributed by atoms with Crippen molar-refractivity contribution >= 4 is 11.5 Å². The Morgan fingerprint density at radius 2 is 1.02 bits per heavy atom. The van der Waals surface area contributed by atoms with E-state index in [0.717, 1.165) is 151 Å². The van der Waals surface area contributed by atoms with E-state index < -0.39 is 18.3 Å². The highest BCUT2D eigenvalue weighted by atomic mass is 127. The van der Waals surface area contributed by atoms with Crippen molar-refractivity contribution < 1.29 is 95.6 Å². The van der Waals surface area contributed by atoms with Gasteiger partial charge >= 0.3 is 0 Å². The minimum absolute atomic E-state index is 0. The van der Waals surface area contributed by atoms with E-state index in [1.54, 1.807) is 32.4 Å². The third-order valence-corrected chi connectivity index (χ3v) is 29.2. The molecule has 3 aliphatic carbocycles. The Balaban J connectivity index is 0.000000159. The number of fused-ring (bicyclic) bond motifs is 5. The molecule has 6 aliphatic heterocycles. The lowest BCUT2D eigenvalue weighted by Gasteiger charge is -2.43. The second-order valence-corrected chi connectivity index (χ2v) is 41.3. The molecule has 16 rings (SSSR count). The van der Waals surface area contributed by atoms with E-state index in [-0.39, 0.29) is 54.8 Å². The molecule has 3 saturated carbocycles. The Labute approximate surface area is 808 Å². The number of methoxy groups -OCH3 is 2. The first-order valence-corrected chi connectivity index (χ1v) is 49.9. The SMILES string of the molecule is CC1CCC(C(C)C)C(OCC(CN2CC(C)OC(C)C2)NCc2ccccc2)C1.CC1CCC(C(C)C)C(OCC(O)CN2CCCc3ccccc32)C1.CC1CCC(C(C)C)C(OCC(O)CN2CCc3ccccc3C2)C1.COc1c2c(cc3c1C(CC(=O)Cc1ccccc1F)[N+](C)(C)CC3)OCO2.COc1ccc(OCC(O)CN2CCc3ccccc3C2)cc1.[I-]. The Morgan fingerprint density at radius 1 is 0.523 bits per heavy atom. The van der Waals surface area contributed by atoms with Crippen LogP contribution in [0, 0.1) is 59.1 Å². The van der Waals surface area contributed by atoms with Gasteiger partial charge in [-0.3, -0.25) is 19.5 Å². The number of anilines is 1. The van der Waals surface area contributed by atoms with Gasteiger partial charge in [0.05, 0.1) is 109 Å². The monoisotopic (exact) mass is 1930 g/mol. The first-order valence-electron chi connectivity index (χ1n) is 49.9. The lowest BCUT2D eigenvalue weighted by atomic mass is 9.75. The number of aliphatic hydroxyl groups is 3. The summed E-state index contributed by atoms with van der Waals surface area (Å²) in [4.78, 5) is 22.4. The standard InChI is InChI=1S/C26H44N2O2.C22H25FNO4.2C22H35NO2.C19H23NO3.HI/c1-19(2)25-12-11-20(3)13-26(25)29-18-24(27-14-23-9-7-6-8-10-23)17-28-15-21(4)30-22(5)16-28;1-24(2)9-8-15-11-19-21(28-13-27-19)22(26-3)20(15)18(24)12-16(25)10-14-6-4-5-7-17(14)23;1-16(2)20-11-10-17(3)13-22(20)25-15-19(24)14-23-12-6-8-18-7-4-5-9-21(18)23;1-16(2)21-9-8-17(3)12-22(21)25-15-20(24)14-23-11-10-18-6-4-5-7-19(18)13-23;1-22-18-6-8-19(9-7-18)23-14-17(21)13-20-11-10-15-4-2-3-5-16(15)12-20;/h6-10,19-22,24-27H,11-18H2,1-5H3;4-7,11,18H,8-10,12-13H2,1-3H3;4-5,7,9,16-17,19-20,22,24H,6,8,10-15H2,1-3H3;4-7,16-17,20-22,24H,8-15H2,1-3H3;2-9,17,21H,10-14H2,1H3;1H/q;+1;;;;/p-1. The summed E-state index contributed by atoms with van der Waals surface area (Å²) < 4.78 is 67.4. The molecule has 19 nitrogen and oxygen atoms in total. The number of rotatable bonds is 32. The van der Waals surface area contributed by atoms with Gasteiger partial charge in [-0.25, -0.2) is 4.39 Å². The van der Waals surface area contributed by atoms with Gasteiger partial charge in [0.2, 0.25) is 12.5 Å². The van der Waals surface area contributed by atoms with E-state index >= 15 is 0 Å². The van der Waals surface area contributed by atoms with Crippen LogP contribution in [-0.4, -0.2) is 222 Å². The summed E-state index contributed by atoms with van der Waals surface area (Å²) in [7, 11) is 7.49. The number of likely N-dealkylation sites (N-methyl/N-ethyl adjacent to an activating group) is 1. The molecule has 0 aromatic heterocycles. The number of hydrogen-bond acceptors (Lipinski definition) is 18. The summed E-state index contributed by atoms with van der Waals surface area (Å²) in [5, 5.41) is 35.1. The van der Waals surface area contributed by atoms with Gasteiger partial charge in [0.15, 0.2) is 11.5 Å². The number of carbonyl (C=O) groups excluding carboxylic acids is 1. The first kappa shape index (κ1) is 106. The van der Waals surface area contributed by atoms with Gasteiger partial charge in [-0.1, -0.05) is 197 Å². The Kier molecular flexibility index (Phi) is 42.1. The van der Waals surface area contributed by atoms with Crippen molar-refractivity contribution in [1.82, 2.24) is 20.0 Å². The van der Waals surface area contributed by atoms with Gasteiger partial charge in [-0.15, -0.1) is 0 Å². The number of benzene rings is 7. The highest BCUT2D eigenvalue weighted by molar-refractivity contribution is 5.82. The fourth-order valence-corrected chi connectivity index (χ4v) is 21.8. The molecule has 0 radical (unpaired) electrons. The van der Waals surface area contributed by atoms with Gasteiger partial charge in [-0.2, -0.15) is 0 Å². The number of nitrogens with zero attached hydrogens (tertiary/aromatic N) is 5. The number of aryl methyl sites for hydroxylation is 1. The number of β-amino-alcohol motifs (C(OH)–C–C–N with tert-alkyl or cyclic N) is 3. The third kappa shape index (κ3) is 31.6. The molecule has 16 atom stereocenters. The first-order chi connectivity index (χ1) is 63.1. The molecule has 0 amide bonds. The summed E-state index contributed by atoms with van der Waals surface area (Å²) in [6, 6.07) is 52.6. The number of quaternary nitrogens is 1. The number of nitrogens with one attached hydrogen (secondary N) is 1. The Hall–Kier alpha value is -6.81. The van der Waals surface area contributed by atoms with E-state index in [2.05, 4.69) is 218 Å². The fraction of sp³-hybridized carbons (Fsp3) is 0.613. The molecule has 9 aliphatic rings. The van der Waals surface area contributed by atoms with Crippen molar-refractivity contribution in [3.63, 3.8) is 0 Å². The number of aliphatic hydroxyl groups excluding tert-OH is 3. The molecule has 132 heavy (non-hydrogen) atoms. The second-order valence-electron chi connectivity index (χ2n) is 41.3. The quantitative estimate of drug-likeness (QED) is 0.0230. The number of halogens is 2. The average Bonchev–Trinajstić information content (AvgIpc) is 1.40. The van der Waals surface area contributed by atoms with Crippen LogP contribution in [0.2, 0.25) is 0 Å². The summed E-state index contributed by atoms with van der Waals surface area (Å²) in [6.07, 6.45) is 17.3. The van der Waals surface area contributed by atoms with E-state index in [1.807, 2.05) is 30.3 Å². The zero-order valence-electron chi connectivity index (χ0n) is 82.4. The molecule has 7 aromatic carbocycles. The van der Waals surface area contributed by atoms with Crippen molar-refractivity contribution in [2.45, 2.75) is 259 Å². The molecular weight excluding hydrogens is 1770 g/mol. The van der Waals surface area contributed by atoms with Crippen LogP contribution in [0.1, 0.15) is 203 Å². The van der Waals surface area contributed by atoms with Crippen LogP contribution in [0.15, 0.2) is 158 Å². The molecular formula is C111H162FIN6O13. The third-order valence-electron chi connectivity index (χ3n) is 29.2. The van der Waals surface area contributed by atoms with Gasteiger partial charge in [0.25, 0.3) is 0 Å². The number of morpholine rings is 1. The predicted molar refractivity (Wildman–Crippen MR) is 523 cm³/mol. The van der Waals surface area contributed by atoms with Gasteiger partial charge < -0.3 is 96.6 Å². The van der Waals surface area contributed by atoms with Gasteiger partial charge in [0.1, 0.15) is 41.9 Å². The zero-order valence-corrected chi connectivity index (χ0v) is 84.6. The maximum absolute atomic E-state index is 14.0. The van der Waals surface area contributed by atoms with Crippen LogP contribution >= 0.6 is 0 Å². The Bertz CT molecular complexity index is 4550. The minimum atomic E-state index is -0.498. The lowest BCUT2D eigenvalue weighted by Crippen LogP contribution is -3.00. The van der Waals surface area contributed by atoms with Crippen LogP contribution in [0.4, 0.5) is 10.1 Å². The van der Waals surface area contributed by atoms with E-state index in [0.29, 0.717) is 145 Å². The predicted octanol–water partition coefficient (Wildman–Crippen LogP) is 15.8. The van der Waals surface area contributed by atoms with Crippen LogP contribution in [-0.2, 0) is 75.5 Å². The zero-order chi connectivity index (χ0) is 93.1. The minimum Gasteiger partial charge on any atom is -1.00 e. The number of ether oxygens (including phenoxy) is 9. The van der Waals surface area contributed by atoms with Crippen LogP contribution in [0.3, 0.4) is 0 Å². The molecule has 21 heteroatoms. The summed E-state index contributed by atoms with van der Waals surface area (Å²) in [6.45, 7) is 39.2. The largest absolute Gasteiger partial charge is 1.00 e. The molecule has 0 spiro atoms. The topological polar surface area (TPSA) is 186 Å². The normalized spacial score (nSPS) is 24.8. The molecule has 1 saturated heterocycles. The van der Waals surface area contributed by atoms with Crippen LogP contribution in [0.5, 0.6) is 28.7 Å². The highest BCUT2D eigenvalue weighted by Gasteiger charge is 2.43. The summed E-state index contributed by atoms with van der Waals surface area (Å²) in [5.41, 5.74) is 12.2. The highest BCUT2D eigenvalue weighted by Crippen LogP contribution is 2.52. The van der Waals surface area contributed by atoms with Crippen molar-refractivity contribution in [1.29, 1.82) is 0 Å². The fourth-order valence-electron chi connectivity index (χ4n) is 21.8. The molecule has 6 heterocycles. The molecule has 4 N–H and O–H groups in total. The molecule has 0 bridgehead atoms. The smallest absolute Gasteiger partial charge is 0.231 e. The second kappa shape index (κ2) is 52.7. The molecule has 16 unspecified atom stereocenters. The molecule has 4 fully saturated rings. The summed E-state index contributed by atoms with van der Waals surface area (Å²) >= 11 is 0. The van der Waals surface area contributed by atoms with Crippen molar-refractivity contribution in [2.24, 2.45) is 53.3 Å². The average molecular weight is 1930 g/mol. The number of hydrogen-bond donors (Lipinski definition) is 4. The lowest BCUT2D eigenvalue weighted by molar-refractivity contribution is -0.922. The number of carbonyl (C=O) groups is 1. The Morgan fingerprint density at radius 3 is 1.57 bits per heavy atom. The number of Topliss-reactive ketones (excluding diaryl/α,β-unsaturated/α-hetero) is 1.